The van der Waals surface area contributed by atoms with Crippen molar-refractivity contribution in [2.24, 2.45) is 11.8 Å². The van der Waals surface area contributed by atoms with Crippen LogP contribution in [0.2, 0.25) is 0 Å². The molecular formula is C24H35N3O3. The van der Waals surface area contributed by atoms with E-state index in [4.69, 9.17) is 0 Å². The molecule has 0 bridgehead atoms. The van der Waals surface area contributed by atoms with Crippen LogP contribution in [-0.4, -0.2) is 59.7 Å². The Morgan fingerprint density at radius 3 is 2.47 bits per heavy atom. The van der Waals surface area contributed by atoms with Gasteiger partial charge in [-0.25, -0.2) is 0 Å². The minimum absolute atomic E-state index is 0.0141. The second kappa shape index (κ2) is 10.6. The first-order valence-corrected chi connectivity index (χ1v) is 11.5. The van der Waals surface area contributed by atoms with Crippen molar-refractivity contribution in [1.29, 1.82) is 0 Å². The van der Waals surface area contributed by atoms with Crippen LogP contribution in [0, 0.1) is 11.8 Å². The van der Waals surface area contributed by atoms with Crippen LogP contribution in [0.5, 0.6) is 0 Å². The van der Waals surface area contributed by atoms with Gasteiger partial charge in [-0.3, -0.25) is 14.4 Å². The number of nitrogens with one attached hydrogen (secondary N) is 1. The Morgan fingerprint density at radius 1 is 1.03 bits per heavy atom. The smallest absolute Gasteiger partial charge is 0.254 e. The summed E-state index contributed by atoms with van der Waals surface area (Å²) in [6, 6.07) is 9.24. The second-order valence-electron chi connectivity index (χ2n) is 8.45. The average Bonchev–Trinajstić information content (AvgIpc) is 3.24. The number of hydrogen-bond donors (Lipinski definition) is 1. The molecule has 2 atom stereocenters. The van der Waals surface area contributed by atoms with E-state index < -0.39 is 0 Å². The molecule has 3 amide bonds. The molecule has 1 aromatic carbocycles. The van der Waals surface area contributed by atoms with Gasteiger partial charge in [-0.1, -0.05) is 38.5 Å². The number of benzene rings is 1. The van der Waals surface area contributed by atoms with Gasteiger partial charge < -0.3 is 15.1 Å². The Labute approximate surface area is 180 Å². The lowest BCUT2D eigenvalue weighted by atomic mass is 9.99. The molecule has 2 aliphatic rings. The first kappa shape index (κ1) is 22.3. The number of amides is 3. The summed E-state index contributed by atoms with van der Waals surface area (Å²) >= 11 is 0. The first-order valence-electron chi connectivity index (χ1n) is 11.5. The quantitative estimate of drug-likeness (QED) is 0.825. The molecule has 1 aliphatic carbocycles. The molecule has 1 N–H and O–H groups in total. The van der Waals surface area contributed by atoms with Gasteiger partial charge in [0.1, 0.15) is 0 Å². The molecule has 1 saturated heterocycles. The number of rotatable bonds is 4. The molecule has 30 heavy (non-hydrogen) atoms. The molecule has 3 rings (SSSR count). The van der Waals surface area contributed by atoms with Gasteiger partial charge >= 0.3 is 0 Å². The van der Waals surface area contributed by atoms with E-state index in [-0.39, 0.29) is 35.6 Å². The van der Waals surface area contributed by atoms with Crippen LogP contribution in [0.4, 0.5) is 0 Å². The number of fused-ring (bicyclic) bond motifs is 1. The van der Waals surface area contributed by atoms with Crippen LogP contribution >= 0.6 is 0 Å². The molecule has 6 nitrogen and oxygen atoms in total. The summed E-state index contributed by atoms with van der Waals surface area (Å²) < 4.78 is 0. The van der Waals surface area contributed by atoms with Gasteiger partial charge in [0.05, 0.1) is 5.92 Å². The number of carbonyl (C=O) groups is 3. The Bertz CT molecular complexity index is 732. The van der Waals surface area contributed by atoms with Gasteiger partial charge in [0.25, 0.3) is 5.91 Å². The van der Waals surface area contributed by atoms with Crippen LogP contribution in [0.3, 0.4) is 0 Å². The Morgan fingerprint density at radius 2 is 1.77 bits per heavy atom. The Hall–Kier alpha value is -2.37. The predicted octanol–water partition coefficient (Wildman–Crippen LogP) is 3.08. The number of carbonyl (C=O) groups excluding carboxylic acids is 3. The summed E-state index contributed by atoms with van der Waals surface area (Å²) in [5, 5.41) is 3.04. The standard InChI is InChI=1S/C24H35N3O3/c1-3-18(4-2)23(29)26-15-9-16-27(24(30)19-10-6-5-7-11-19)21-13-8-12-20(21)22(28)25-14-17-26/h5-7,10-11,18,20-21H,3-4,8-9,12-17H2,1-2H3,(H,25,28). The maximum absolute atomic E-state index is 13.3. The van der Waals surface area contributed by atoms with Gasteiger partial charge in [-0.15, -0.1) is 0 Å². The summed E-state index contributed by atoms with van der Waals surface area (Å²) in [5.74, 6) is 0.0124. The third-order valence-corrected chi connectivity index (χ3v) is 6.65. The molecule has 0 spiro atoms. The zero-order valence-electron chi connectivity index (χ0n) is 18.3. The lowest BCUT2D eigenvalue weighted by Gasteiger charge is -2.33. The maximum atomic E-state index is 13.3. The SMILES string of the molecule is CCC(CC)C(=O)N1CCCN(C(=O)c2ccccc2)C2CCCC2C(=O)NCC1. The van der Waals surface area contributed by atoms with E-state index in [2.05, 4.69) is 5.32 Å². The summed E-state index contributed by atoms with van der Waals surface area (Å²) in [4.78, 5) is 43.0. The zero-order valence-corrected chi connectivity index (χ0v) is 18.3. The van der Waals surface area contributed by atoms with E-state index >= 15 is 0 Å². The van der Waals surface area contributed by atoms with Gasteiger partial charge in [0.15, 0.2) is 0 Å². The largest absolute Gasteiger partial charge is 0.354 e. The lowest BCUT2D eigenvalue weighted by Crippen LogP contribution is -2.47. The van der Waals surface area contributed by atoms with Crippen molar-refractivity contribution in [1.82, 2.24) is 15.1 Å². The third-order valence-electron chi connectivity index (χ3n) is 6.65. The molecule has 1 saturated carbocycles. The first-order chi connectivity index (χ1) is 14.6. The molecule has 6 heteroatoms. The summed E-state index contributed by atoms with van der Waals surface area (Å²) in [6.07, 6.45) is 4.99. The van der Waals surface area contributed by atoms with Crippen LogP contribution in [0.1, 0.15) is 62.7 Å². The Balaban J connectivity index is 1.82. The molecule has 2 unspecified atom stereocenters. The van der Waals surface area contributed by atoms with Crippen LogP contribution in [-0.2, 0) is 9.59 Å². The molecule has 1 aromatic rings. The molecule has 0 radical (unpaired) electrons. The lowest BCUT2D eigenvalue weighted by molar-refractivity contribution is -0.136. The van der Waals surface area contributed by atoms with E-state index in [9.17, 15) is 14.4 Å². The zero-order chi connectivity index (χ0) is 21.5. The fraction of sp³-hybridized carbons (Fsp3) is 0.625. The normalized spacial score (nSPS) is 23.0. The topological polar surface area (TPSA) is 69.7 Å². The predicted molar refractivity (Wildman–Crippen MR) is 117 cm³/mol. The minimum atomic E-state index is -0.168. The van der Waals surface area contributed by atoms with Crippen molar-refractivity contribution in [2.45, 2.75) is 58.4 Å². The van der Waals surface area contributed by atoms with Crippen molar-refractivity contribution in [3.8, 4) is 0 Å². The molecular weight excluding hydrogens is 378 g/mol. The minimum Gasteiger partial charge on any atom is -0.354 e. The molecule has 1 heterocycles. The van der Waals surface area contributed by atoms with Crippen LogP contribution < -0.4 is 5.32 Å². The molecule has 2 fully saturated rings. The van der Waals surface area contributed by atoms with Gasteiger partial charge in [-0.2, -0.15) is 0 Å². The highest BCUT2D eigenvalue weighted by atomic mass is 16.2. The number of hydrogen-bond acceptors (Lipinski definition) is 3. The fourth-order valence-electron chi connectivity index (χ4n) is 4.89. The highest BCUT2D eigenvalue weighted by Crippen LogP contribution is 2.31. The average molecular weight is 414 g/mol. The second-order valence-corrected chi connectivity index (χ2v) is 8.45. The van der Waals surface area contributed by atoms with Crippen molar-refractivity contribution in [3.63, 3.8) is 0 Å². The van der Waals surface area contributed by atoms with E-state index in [1.807, 2.05) is 54.0 Å². The van der Waals surface area contributed by atoms with Gasteiger partial charge in [0, 0.05) is 43.7 Å². The van der Waals surface area contributed by atoms with Crippen molar-refractivity contribution < 1.29 is 14.4 Å². The highest BCUT2D eigenvalue weighted by Gasteiger charge is 2.39. The van der Waals surface area contributed by atoms with Crippen LogP contribution in [0.15, 0.2) is 30.3 Å². The van der Waals surface area contributed by atoms with Crippen molar-refractivity contribution in [2.75, 3.05) is 26.2 Å². The Kier molecular flexibility index (Phi) is 7.88. The van der Waals surface area contributed by atoms with E-state index in [1.54, 1.807) is 0 Å². The maximum Gasteiger partial charge on any atom is 0.254 e. The monoisotopic (exact) mass is 413 g/mol. The summed E-state index contributed by atoms with van der Waals surface area (Å²) in [6.45, 7) is 6.27. The van der Waals surface area contributed by atoms with E-state index in [1.165, 1.54) is 0 Å². The number of nitrogens with zero attached hydrogens (tertiary/aromatic N) is 2. The third kappa shape index (κ3) is 5.02. The van der Waals surface area contributed by atoms with Gasteiger partial charge in [-0.05, 0) is 44.2 Å². The molecule has 164 valence electrons. The van der Waals surface area contributed by atoms with E-state index in [0.29, 0.717) is 31.7 Å². The molecule has 0 aromatic heterocycles. The van der Waals surface area contributed by atoms with Crippen LogP contribution in [0.25, 0.3) is 0 Å². The fourth-order valence-corrected chi connectivity index (χ4v) is 4.89. The summed E-state index contributed by atoms with van der Waals surface area (Å²) in [5.41, 5.74) is 0.656. The molecule has 1 aliphatic heterocycles. The summed E-state index contributed by atoms with van der Waals surface area (Å²) in [7, 11) is 0. The van der Waals surface area contributed by atoms with E-state index in [0.717, 1.165) is 38.5 Å². The van der Waals surface area contributed by atoms with Gasteiger partial charge in [0.2, 0.25) is 11.8 Å². The highest BCUT2D eigenvalue weighted by molar-refractivity contribution is 5.95. The van der Waals surface area contributed by atoms with Crippen molar-refractivity contribution in [3.05, 3.63) is 35.9 Å². The van der Waals surface area contributed by atoms with Crippen molar-refractivity contribution >= 4 is 17.7 Å².